The molecule has 0 aliphatic heterocycles. The van der Waals surface area contributed by atoms with E-state index in [9.17, 15) is 4.79 Å². The van der Waals surface area contributed by atoms with Crippen molar-refractivity contribution < 1.29 is 42.9 Å². The van der Waals surface area contributed by atoms with Crippen LogP contribution in [0.4, 0.5) is 0 Å². The van der Waals surface area contributed by atoms with Crippen LogP contribution in [0.25, 0.3) is 22.3 Å². The highest BCUT2D eigenvalue weighted by Crippen LogP contribution is 2.26. The zero-order valence-corrected chi connectivity index (χ0v) is 15.3. The lowest BCUT2D eigenvalue weighted by molar-refractivity contribution is 0.272. The average Bonchev–Trinajstić information content (AvgIpc) is 2.52. The molecule has 27 heavy (non-hydrogen) atoms. The zero-order valence-electron chi connectivity index (χ0n) is 13.5. The lowest BCUT2D eigenvalue weighted by Gasteiger charge is -2.02. The van der Waals surface area contributed by atoms with Gasteiger partial charge in [0.05, 0.1) is 5.39 Å². The maximum absolute atomic E-state index is 11.9. The van der Waals surface area contributed by atoms with E-state index in [1.165, 1.54) is 6.07 Å². The van der Waals surface area contributed by atoms with Crippen molar-refractivity contribution >= 4 is 26.6 Å². The molecule has 0 amide bonds. The Labute approximate surface area is 152 Å². The minimum Gasteiger partial charge on any atom is -0.456 e. The molecule has 0 fully saturated rings. The molecule has 12 heteroatoms. The largest absolute Gasteiger partial charge is 0.466 e. The van der Waals surface area contributed by atoms with Gasteiger partial charge in [-0.1, -0.05) is 42.5 Å². The molecular formula is C15H16O10P2. The third-order valence-corrected chi connectivity index (χ3v) is 2.69. The number of rotatable bonds is 1. The fraction of sp³-hybridized carbons (Fsp3) is 0. The summed E-state index contributed by atoms with van der Waals surface area (Å²) in [6, 6.07) is 18.4. The monoisotopic (exact) mass is 418 g/mol. The first-order chi connectivity index (χ1) is 12.3. The van der Waals surface area contributed by atoms with Crippen molar-refractivity contribution in [3.63, 3.8) is 0 Å². The highest BCUT2D eigenvalue weighted by molar-refractivity contribution is 7.45. The van der Waals surface area contributed by atoms with Gasteiger partial charge in [0.1, 0.15) is 11.3 Å². The van der Waals surface area contributed by atoms with Crippen LogP contribution in [0.5, 0.6) is 0 Å². The molecule has 3 rings (SSSR count). The van der Waals surface area contributed by atoms with E-state index in [4.69, 9.17) is 42.9 Å². The van der Waals surface area contributed by atoms with Crippen LogP contribution in [-0.2, 0) is 9.13 Å². The van der Waals surface area contributed by atoms with Crippen molar-refractivity contribution in [3.8, 4) is 11.3 Å². The average molecular weight is 418 g/mol. The predicted octanol–water partition coefficient (Wildman–Crippen LogP) is 1.60. The molecule has 0 bridgehead atoms. The highest BCUT2D eigenvalue weighted by Gasteiger charge is 2.05. The van der Waals surface area contributed by atoms with E-state index in [1.54, 1.807) is 6.07 Å². The first-order valence-corrected chi connectivity index (χ1v) is 10.1. The Morgan fingerprint density at radius 1 is 0.704 bits per heavy atom. The van der Waals surface area contributed by atoms with Gasteiger partial charge in [-0.15, -0.1) is 0 Å². The molecule has 0 aliphatic rings. The first-order valence-electron chi connectivity index (χ1n) is 6.99. The standard InChI is InChI=1S/C15H10O2.2H3O4P/c16-13-10-15(11-6-2-1-3-7-11)17-14-9-5-4-8-12(13)14;2*1-5(2,3)4/h1-10H;2*(H3,1,2,3,4). The van der Waals surface area contributed by atoms with Gasteiger partial charge in [-0.05, 0) is 12.1 Å². The van der Waals surface area contributed by atoms with Crippen LogP contribution in [-0.4, -0.2) is 29.4 Å². The number of benzene rings is 2. The molecule has 3 aromatic rings. The van der Waals surface area contributed by atoms with Crippen molar-refractivity contribution in [1.29, 1.82) is 0 Å². The summed E-state index contributed by atoms with van der Waals surface area (Å²) >= 11 is 0. The van der Waals surface area contributed by atoms with E-state index < -0.39 is 15.6 Å². The molecule has 10 nitrogen and oxygen atoms in total. The van der Waals surface area contributed by atoms with Gasteiger partial charge in [0.15, 0.2) is 5.43 Å². The molecule has 0 saturated heterocycles. The molecule has 6 N–H and O–H groups in total. The SMILES string of the molecule is O=P(O)(O)O.O=P(O)(O)O.O=c1cc(-c2ccccc2)oc2ccccc12. The second-order valence-electron chi connectivity index (χ2n) is 4.86. The predicted molar refractivity (Wildman–Crippen MR) is 96.4 cm³/mol. The van der Waals surface area contributed by atoms with Crippen molar-refractivity contribution in [2.45, 2.75) is 0 Å². The summed E-state index contributed by atoms with van der Waals surface area (Å²) in [7, 11) is -9.28. The van der Waals surface area contributed by atoms with E-state index >= 15 is 0 Å². The van der Waals surface area contributed by atoms with Crippen molar-refractivity contribution in [1.82, 2.24) is 0 Å². The number of phosphoric acid groups is 2. The van der Waals surface area contributed by atoms with Crippen LogP contribution in [0.1, 0.15) is 0 Å². The summed E-state index contributed by atoms with van der Waals surface area (Å²) in [5.74, 6) is 0.606. The Morgan fingerprint density at radius 3 is 1.67 bits per heavy atom. The van der Waals surface area contributed by atoms with Gasteiger partial charge < -0.3 is 33.8 Å². The Morgan fingerprint density at radius 2 is 1.15 bits per heavy atom. The van der Waals surface area contributed by atoms with E-state index in [2.05, 4.69) is 0 Å². The summed E-state index contributed by atoms with van der Waals surface area (Å²) in [5.41, 5.74) is 1.53. The summed E-state index contributed by atoms with van der Waals surface area (Å²) in [5, 5.41) is 0.618. The van der Waals surface area contributed by atoms with Crippen molar-refractivity contribution in [2.75, 3.05) is 0 Å². The maximum atomic E-state index is 11.9. The summed E-state index contributed by atoms with van der Waals surface area (Å²) < 4.78 is 23.5. The third-order valence-electron chi connectivity index (χ3n) is 2.69. The van der Waals surface area contributed by atoms with Crippen molar-refractivity contribution in [2.24, 2.45) is 0 Å². The topological polar surface area (TPSA) is 186 Å². The zero-order chi connectivity index (χ0) is 20.7. The van der Waals surface area contributed by atoms with Crippen molar-refractivity contribution in [3.05, 3.63) is 70.9 Å². The number of hydrogen-bond acceptors (Lipinski definition) is 4. The minimum atomic E-state index is -4.64. The molecule has 0 radical (unpaired) electrons. The van der Waals surface area contributed by atoms with Crippen LogP contribution < -0.4 is 5.43 Å². The smallest absolute Gasteiger partial charge is 0.456 e. The maximum Gasteiger partial charge on any atom is 0.466 e. The summed E-state index contributed by atoms with van der Waals surface area (Å²) in [4.78, 5) is 55.0. The van der Waals surface area contributed by atoms with E-state index in [0.717, 1.165) is 5.56 Å². The molecule has 1 heterocycles. The Bertz CT molecular complexity index is 983. The van der Waals surface area contributed by atoms with Crippen LogP contribution in [0.3, 0.4) is 0 Å². The molecule has 0 atom stereocenters. The van der Waals surface area contributed by atoms with Gasteiger partial charge in [0.25, 0.3) is 0 Å². The molecule has 0 unspecified atom stereocenters. The normalized spacial score (nSPS) is 11.0. The summed E-state index contributed by atoms with van der Waals surface area (Å²) in [6.45, 7) is 0. The van der Waals surface area contributed by atoms with E-state index in [-0.39, 0.29) is 5.43 Å². The first kappa shape index (κ1) is 22.9. The van der Waals surface area contributed by atoms with Gasteiger partial charge in [0.2, 0.25) is 0 Å². The Hall–Kier alpha value is -2.13. The molecule has 146 valence electrons. The number of fused-ring (bicyclic) bond motifs is 1. The molecule has 0 aliphatic carbocycles. The lowest BCUT2D eigenvalue weighted by Crippen LogP contribution is -1.99. The van der Waals surface area contributed by atoms with Crippen LogP contribution in [0, 0.1) is 0 Å². The fourth-order valence-electron chi connectivity index (χ4n) is 1.85. The van der Waals surface area contributed by atoms with Crippen LogP contribution in [0.2, 0.25) is 0 Å². The number of para-hydroxylation sites is 1. The second kappa shape index (κ2) is 9.70. The summed E-state index contributed by atoms with van der Waals surface area (Å²) in [6.07, 6.45) is 0. The lowest BCUT2D eigenvalue weighted by atomic mass is 10.1. The van der Waals surface area contributed by atoms with E-state index in [1.807, 2.05) is 48.5 Å². The van der Waals surface area contributed by atoms with Gasteiger partial charge in [0, 0.05) is 11.6 Å². The number of hydrogen-bond donors (Lipinski definition) is 6. The molecule has 0 saturated carbocycles. The molecule has 2 aromatic carbocycles. The quantitative estimate of drug-likeness (QED) is 0.317. The second-order valence-corrected chi connectivity index (χ2v) is 6.92. The Kier molecular flexibility index (Phi) is 8.23. The van der Waals surface area contributed by atoms with Gasteiger partial charge in [-0.2, -0.15) is 0 Å². The van der Waals surface area contributed by atoms with Gasteiger partial charge in [-0.25, -0.2) is 9.13 Å². The molecule has 1 aromatic heterocycles. The van der Waals surface area contributed by atoms with E-state index in [0.29, 0.717) is 16.7 Å². The highest BCUT2D eigenvalue weighted by atomic mass is 31.2. The minimum absolute atomic E-state index is 0.00861. The Balaban J connectivity index is 0.000000306. The van der Waals surface area contributed by atoms with Crippen LogP contribution >= 0.6 is 15.6 Å². The fourth-order valence-corrected chi connectivity index (χ4v) is 1.85. The van der Waals surface area contributed by atoms with Gasteiger partial charge >= 0.3 is 15.6 Å². The van der Waals surface area contributed by atoms with Crippen LogP contribution in [0.15, 0.2) is 69.9 Å². The van der Waals surface area contributed by atoms with Gasteiger partial charge in [-0.3, -0.25) is 4.79 Å². The molecular weight excluding hydrogens is 402 g/mol. The third kappa shape index (κ3) is 10.6. The molecule has 0 spiro atoms.